The van der Waals surface area contributed by atoms with Gasteiger partial charge in [0.2, 0.25) is 10.0 Å². The van der Waals surface area contributed by atoms with Gasteiger partial charge >= 0.3 is 0 Å². The summed E-state index contributed by atoms with van der Waals surface area (Å²) in [5.41, 5.74) is 0. The quantitative estimate of drug-likeness (QED) is 0.609. The smallest absolute Gasteiger partial charge is 0.214 e. The van der Waals surface area contributed by atoms with Gasteiger partial charge in [-0.3, -0.25) is 0 Å². The molecular weight excluding hydrogens is 268 g/mol. The molecule has 0 aromatic carbocycles. The number of nitrogens with zero attached hydrogens (tertiary/aromatic N) is 1. The van der Waals surface area contributed by atoms with Crippen molar-refractivity contribution in [2.45, 2.75) is 32.0 Å². The van der Waals surface area contributed by atoms with Gasteiger partial charge < -0.3 is 14.8 Å². The monoisotopic (exact) mass is 294 g/mol. The van der Waals surface area contributed by atoms with Crippen molar-refractivity contribution in [2.75, 3.05) is 46.2 Å². The van der Waals surface area contributed by atoms with Crippen molar-refractivity contribution in [3.63, 3.8) is 0 Å². The van der Waals surface area contributed by atoms with Gasteiger partial charge in [-0.15, -0.1) is 0 Å². The summed E-state index contributed by atoms with van der Waals surface area (Å²) in [7, 11) is -0.0146. The van der Waals surface area contributed by atoms with Gasteiger partial charge in [-0.1, -0.05) is 6.92 Å². The van der Waals surface area contributed by atoms with E-state index in [1.54, 1.807) is 14.2 Å². The molecule has 0 aromatic rings. The molecule has 19 heavy (non-hydrogen) atoms. The third kappa shape index (κ3) is 5.00. The molecule has 0 spiro atoms. The zero-order valence-electron chi connectivity index (χ0n) is 12.1. The molecule has 1 aliphatic rings. The molecule has 1 rings (SSSR count). The van der Waals surface area contributed by atoms with Crippen LogP contribution in [-0.2, 0) is 19.5 Å². The third-order valence-corrected chi connectivity index (χ3v) is 5.33. The molecule has 114 valence electrons. The topological polar surface area (TPSA) is 67.9 Å². The lowest BCUT2D eigenvalue weighted by Crippen LogP contribution is -2.32. The number of rotatable bonds is 9. The highest BCUT2D eigenvalue weighted by Crippen LogP contribution is 2.19. The predicted octanol–water partition coefficient (Wildman–Crippen LogP) is 0.0515. The van der Waals surface area contributed by atoms with Crippen LogP contribution < -0.4 is 5.32 Å². The van der Waals surface area contributed by atoms with Crippen LogP contribution >= 0.6 is 0 Å². The average Bonchev–Trinajstić information content (AvgIpc) is 2.82. The van der Waals surface area contributed by atoms with E-state index < -0.39 is 10.0 Å². The summed E-state index contributed by atoms with van der Waals surface area (Å²) in [4.78, 5) is 0. The van der Waals surface area contributed by atoms with Gasteiger partial charge in [0.05, 0.1) is 18.0 Å². The SMILES string of the molecule is CCNCCCCS(=O)(=O)N1CC(OC)C(OC)C1. The minimum atomic E-state index is -3.19. The van der Waals surface area contributed by atoms with Crippen LogP contribution in [0.4, 0.5) is 0 Å². The maximum Gasteiger partial charge on any atom is 0.214 e. The number of nitrogens with one attached hydrogen (secondary N) is 1. The Morgan fingerprint density at radius 2 is 1.74 bits per heavy atom. The van der Waals surface area contributed by atoms with Crippen LogP contribution in [0, 0.1) is 0 Å². The number of methoxy groups -OCH3 is 2. The summed E-state index contributed by atoms with van der Waals surface area (Å²) in [5.74, 6) is 0.200. The van der Waals surface area contributed by atoms with Crippen molar-refractivity contribution >= 4 is 10.0 Å². The Balaban J connectivity index is 2.41. The zero-order valence-corrected chi connectivity index (χ0v) is 12.9. The molecule has 1 fully saturated rings. The zero-order chi connectivity index (χ0) is 14.3. The number of ether oxygens (including phenoxy) is 2. The second-order valence-electron chi connectivity index (χ2n) is 4.74. The lowest BCUT2D eigenvalue weighted by molar-refractivity contribution is -0.00461. The summed E-state index contributed by atoms with van der Waals surface area (Å²) in [5, 5.41) is 3.19. The fourth-order valence-corrected chi connectivity index (χ4v) is 3.81. The fraction of sp³-hybridized carbons (Fsp3) is 1.00. The van der Waals surface area contributed by atoms with E-state index >= 15 is 0 Å². The summed E-state index contributed by atoms with van der Waals surface area (Å²) in [6, 6.07) is 0. The summed E-state index contributed by atoms with van der Waals surface area (Å²) in [6.07, 6.45) is 1.23. The number of hydrogen-bond donors (Lipinski definition) is 1. The van der Waals surface area contributed by atoms with Crippen LogP contribution in [-0.4, -0.2) is 71.1 Å². The minimum absolute atomic E-state index is 0.165. The molecule has 1 N–H and O–H groups in total. The summed E-state index contributed by atoms with van der Waals surface area (Å²) >= 11 is 0. The minimum Gasteiger partial charge on any atom is -0.377 e. The van der Waals surface area contributed by atoms with E-state index in [0.717, 1.165) is 19.5 Å². The third-order valence-electron chi connectivity index (χ3n) is 3.44. The van der Waals surface area contributed by atoms with Gasteiger partial charge in [0.25, 0.3) is 0 Å². The first-order valence-electron chi connectivity index (χ1n) is 6.79. The van der Waals surface area contributed by atoms with Gasteiger partial charge in [0.15, 0.2) is 0 Å². The van der Waals surface area contributed by atoms with Gasteiger partial charge in [-0.2, -0.15) is 4.31 Å². The Hall–Kier alpha value is -0.210. The van der Waals surface area contributed by atoms with Crippen LogP contribution in [0.5, 0.6) is 0 Å². The molecule has 1 aliphatic heterocycles. The van der Waals surface area contributed by atoms with Crippen molar-refractivity contribution in [1.29, 1.82) is 0 Å². The molecule has 1 saturated heterocycles. The van der Waals surface area contributed by atoms with Crippen LogP contribution in [0.25, 0.3) is 0 Å². The first kappa shape index (κ1) is 16.8. The lowest BCUT2D eigenvalue weighted by atomic mass is 10.3. The van der Waals surface area contributed by atoms with E-state index in [1.807, 2.05) is 6.92 Å². The first-order chi connectivity index (χ1) is 9.05. The van der Waals surface area contributed by atoms with E-state index in [-0.39, 0.29) is 18.0 Å². The molecule has 0 amide bonds. The maximum atomic E-state index is 12.2. The molecule has 6 nitrogen and oxygen atoms in total. The normalized spacial score (nSPS) is 25.0. The number of unbranched alkanes of at least 4 members (excludes halogenated alkanes) is 1. The highest BCUT2D eigenvalue weighted by molar-refractivity contribution is 7.89. The Morgan fingerprint density at radius 3 is 2.21 bits per heavy atom. The van der Waals surface area contributed by atoms with Gasteiger partial charge in [0, 0.05) is 27.3 Å². The molecule has 2 atom stereocenters. The molecule has 2 unspecified atom stereocenters. The Bertz CT molecular complexity index is 336. The molecule has 1 heterocycles. The van der Waals surface area contributed by atoms with E-state index in [2.05, 4.69) is 5.32 Å². The van der Waals surface area contributed by atoms with Gasteiger partial charge in [-0.25, -0.2) is 8.42 Å². The summed E-state index contributed by atoms with van der Waals surface area (Å²) in [6.45, 7) is 4.61. The second-order valence-corrected chi connectivity index (χ2v) is 6.83. The van der Waals surface area contributed by atoms with Crippen molar-refractivity contribution in [3.8, 4) is 0 Å². The molecular formula is C12H26N2O4S. The van der Waals surface area contributed by atoms with Crippen molar-refractivity contribution in [3.05, 3.63) is 0 Å². The average molecular weight is 294 g/mol. The molecule has 0 aromatic heterocycles. The van der Waals surface area contributed by atoms with E-state index in [9.17, 15) is 8.42 Å². The van der Waals surface area contributed by atoms with Crippen molar-refractivity contribution in [1.82, 2.24) is 9.62 Å². The van der Waals surface area contributed by atoms with E-state index in [4.69, 9.17) is 9.47 Å². The highest BCUT2D eigenvalue weighted by atomic mass is 32.2. The Kier molecular flexibility index (Phi) is 7.23. The van der Waals surface area contributed by atoms with Crippen molar-refractivity contribution in [2.24, 2.45) is 0 Å². The first-order valence-corrected chi connectivity index (χ1v) is 8.40. The molecule has 0 bridgehead atoms. The van der Waals surface area contributed by atoms with E-state index in [0.29, 0.717) is 19.5 Å². The van der Waals surface area contributed by atoms with Crippen LogP contribution in [0.15, 0.2) is 0 Å². The predicted molar refractivity (Wildman–Crippen MR) is 74.7 cm³/mol. The number of sulfonamides is 1. The maximum absolute atomic E-state index is 12.2. The van der Waals surface area contributed by atoms with Gasteiger partial charge in [-0.05, 0) is 25.9 Å². The lowest BCUT2D eigenvalue weighted by Gasteiger charge is -2.15. The highest BCUT2D eigenvalue weighted by Gasteiger charge is 2.38. The van der Waals surface area contributed by atoms with Crippen LogP contribution in [0.1, 0.15) is 19.8 Å². The largest absolute Gasteiger partial charge is 0.377 e. The van der Waals surface area contributed by atoms with Crippen LogP contribution in [0.3, 0.4) is 0 Å². The number of hydrogen-bond acceptors (Lipinski definition) is 5. The van der Waals surface area contributed by atoms with E-state index in [1.165, 1.54) is 4.31 Å². The fourth-order valence-electron chi connectivity index (χ4n) is 2.23. The molecule has 0 radical (unpaired) electrons. The van der Waals surface area contributed by atoms with Gasteiger partial charge in [0.1, 0.15) is 0 Å². The molecule has 7 heteroatoms. The van der Waals surface area contributed by atoms with Crippen LogP contribution in [0.2, 0.25) is 0 Å². The molecule has 0 saturated carbocycles. The standard InChI is InChI=1S/C12H26N2O4S/c1-4-13-7-5-6-8-19(15,16)14-9-11(17-2)12(10-14)18-3/h11-13H,4-10H2,1-3H3. The van der Waals surface area contributed by atoms with Crippen molar-refractivity contribution < 1.29 is 17.9 Å². The Morgan fingerprint density at radius 1 is 1.16 bits per heavy atom. The summed E-state index contributed by atoms with van der Waals surface area (Å²) < 4.78 is 36.4. The Labute approximate surface area is 116 Å². The molecule has 0 aliphatic carbocycles. The second kappa shape index (κ2) is 8.16.